The summed E-state index contributed by atoms with van der Waals surface area (Å²) in [5.41, 5.74) is 3.42. The van der Waals surface area contributed by atoms with Gasteiger partial charge in [-0.3, -0.25) is 4.98 Å². The lowest BCUT2D eigenvalue weighted by atomic mass is 10.2. The molecule has 108 valence electrons. The molecule has 0 unspecified atom stereocenters. The molecular formula is C14H13BrN4O2. The van der Waals surface area contributed by atoms with Gasteiger partial charge in [0.05, 0.1) is 23.3 Å². The van der Waals surface area contributed by atoms with E-state index < -0.39 is 0 Å². The van der Waals surface area contributed by atoms with Crippen molar-refractivity contribution >= 4 is 32.7 Å². The van der Waals surface area contributed by atoms with Gasteiger partial charge in [-0.05, 0) is 47.1 Å². The van der Waals surface area contributed by atoms with Crippen LogP contribution in [0.15, 0.2) is 33.5 Å². The molecule has 0 bridgehead atoms. The molecule has 7 heteroatoms. The third-order valence-electron chi connectivity index (χ3n) is 3.14. The van der Waals surface area contributed by atoms with Crippen LogP contribution < -0.4 is 11.0 Å². The number of nitrogens with one attached hydrogen (secondary N) is 3. The molecule has 4 N–H and O–H groups in total. The summed E-state index contributed by atoms with van der Waals surface area (Å²) >= 11 is 3.45. The normalized spacial score (nSPS) is 11.0. The summed E-state index contributed by atoms with van der Waals surface area (Å²) in [5.74, 6) is 0.153. The average molecular weight is 349 g/mol. The molecule has 0 amide bonds. The number of anilines is 1. The Morgan fingerprint density at radius 2 is 2.00 bits per heavy atom. The number of imidazole rings is 1. The van der Waals surface area contributed by atoms with Crippen molar-refractivity contribution in [3.8, 4) is 5.75 Å². The van der Waals surface area contributed by atoms with Gasteiger partial charge in [0.1, 0.15) is 11.4 Å². The Hall–Kier alpha value is -2.28. The van der Waals surface area contributed by atoms with E-state index in [4.69, 9.17) is 0 Å². The SMILES string of the molecule is Cc1ccc(O)c(CNc2cc3[nH]c(=O)[nH]c3cc2Br)n1. The first-order chi connectivity index (χ1) is 10.0. The van der Waals surface area contributed by atoms with Gasteiger partial charge in [-0.1, -0.05) is 0 Å². The highest BCUT2D eigenvalue weighted by Gasteiger charge is 2.07. The number of hydrogen-bond acceptors (Lipinski definition) is 4. The largest absolute Gasteiger partial charge is 0.506 e. The third-order valence-corrected chi connectivity index (χ3v) is 3.80. The zero-order valence-corrected chi connectivity index (χ0v) is 12.8. The first-order valence-corrected chi connectivity index (χ1v) is 7.13. The summed E-state index contributed by atoms with van der Waals surface area (Å²) in [6.07, 6.45) is 0. The van der Waals surface area contributed by atoms with Gasteiger partial charge in [-0.15, -0.1) is 0 Å². The molecule has 1 aromatic carbocycles. The summed E-state index contributed by atoms with van der Waals surface area (Å²) in [5, 5.41) is 13.0. The van der Waals surface area contributed by atoms with E-state index in [1.54, 1.807) is 12.1 Å². The fourth-order valence-electron chi connectivity index (χ4n) is 2.10. The molecule has 0 saturated carbocycles. The van der Waals surface area contributed by atoms with E-state index in [2.05, 4.69) is 36.2 Å². The number of nitrogens with zero attached hydrogens (tertiary/aromatic N) is 1. The van der Waals surface area contributed by atoms with Crippen LogP contribution in [0, 0.1) is 6.92 Å². The Labute approximate surface area is 128 Å². The number of hydrogen-bond donors (Lipinski definition) is 4. The van der Waals surface area contributed by atoms with Crippen molar-refractivity contribution in [2.45, 2.75) is 13.5 Å². The highest BCUT2D eigenvalue weighted by Crippen LogP contribution is 2.27. The van der Waals surface area contributed by atoms with E-state index in [1.807, 2.05) is 19.1 Å². The van der Waals surface area contributed by atoms with Gasteiger partial charge in [-0.2, -0.15) is 0 Å². The lowest BCUT2D eigenvalue weighted by Gasteiger charge is -2.10. The second-order valence-corrected chi connectivity index (χ2v) is 5.58. The molecule has 0 spiro atoms. The Bertz CT molecular complexity index is 869. The van der Waals surface area contributed by atoms with Gasteiger partial charge in [-0.25, -0.2) is 4.79 Å². The molecule has 2 heterocycles. The fraction of sp³-hybridized carbons (Fsp3) is 0.143. The van der Waals surface area contributed by atoms with E-state index in [0.29, 0.717) is 17.8 Å². The summed E-state index contributed by atoms with van der Waals surface area (Å²) in [6, 6.07) is 7.02. The molecule has 3 rings (SSSR count). The van der Waals surface area contributed by atoms with Crippen molar-refractivity contribution in [3.63, 3.8) is 0 Å². The predicted molar refractivity (Wildman–Crippen MR) is 84.6 cm³/mol. The van der Waals surface area contributed by atoms with E-state index in [-0.39, 0.29) is 11.4 Å². The van der Waals surface area contributed by atoms with E-state index in [1.165, 1.54) is 0 Å². The maximum absolute atomic E-state index is 11.3. The van der Waals surface area contributed by atoms with Crippen molar-refractivity contribution in [1.82, 2.24) is 15.0 Å². The highest BCUT2D eigenvalue weighted by atomic mass is 79.9. The number of fused-ring (bicyclic) bond motifs is 1. The Morgan fingerprint density at radius 3 is 2.76 bits per heavy atom. The quantitative estimate of drug-likeness (QED) is 0.585. The molecule has 2 aromatic heterocycles. The first-order valence-electron chi connectivity index (χ1n) is 6.34. The zero-order chi connectivity index (χ0) is 15.0. The third kappa shape index (κ3) is 2.78. The van der Waals surface area contributed by atoms with Crippen molar-refractivity contribution < 1.29 is 5.11 Å². The van der Waals surface area contributed by atoms with Crippen LogP contribution in [0.3, 0.4) is 0 Å². The number of aromatic nitrogens is 3. The molecule has 6 nitrogen and oxygen atoms in total. The number of aromatic amines is 2. The smallest absolute Gasteiger partial charge is 0.323 e. The maximum atomic E-state index is 11.3. The van der Waals surface area contributed by atoms with Gasteiger partial charge in [0, 0.05) is 10.2 Å². The Balaban J connectivity index is 1.89. The van der Waals surface area contributed by atoms with Gasteiger partial charge in [0.15, 0.2) is 0 Å². The van der Waals surface area contributed by atoms with Gasteiger partial charge < -0.3 is 20.4 Å². The van der Waals surface area contributed by atoms with Crippen molar-refractivity contribution in [2.24, 2.45) is 0 Å². The topological polar surface area (TPSA) is 93.8 Å². The van der Waals surface area contributed by atoms with Crippen molar-refractivity contribution in [1.29, 1.82) is 0 Å². The van der Waals surface area contributed by atoms with E-state index >= 15 is 0 Å². The number of halogens is 1. The van der Waals surface area contributed by atoms with Crippen LogP contribution >= 0.6 is 15.9 Å². The zero-order valence-electron chi connectivity index (χ0n) is 11.2. The summed E-state index contributed by atoms with van der Waals surface area (Å²) in [7, 11) is 0. The first kappa shape index (κ1) is 13.7. The molecule has 0 fully saturated rings. The molecule has 3 aromatic rings. The molecule has 0 aliphatic rings. The van der Waals surface area contributed by atoms with Crippen LogP contribution in [-0.4, -0.2) is 20.1 Å². The van der Waals surface area contributed by atoms with E-state index in [9.17, 15) is 9.90 Å². The van der Waals surface area contributed by atoms with Crippen LogP contribution in [-0.2, 0) is 6.54 Å². The van der Waals surface area contributed by atoms with Gasteiger partial charge in [0.2, 0.25) is 0 Å². The monoisotopic (exact) mass is 348 g/mol. The second kappa shape index (κ2) is 5.25. The van der Waals surface area contributed by atoms with Gasteiger partial charge in [0.25, 0.3) is 0 Å². The molecule has 0 aliphatic heterocycles. The van der Waals surface area contributed by atoms with Gasteiger partial charge >= 0.3 is 5.69 Å². The van der Waals surface area contributed by atoms with Crippen molar-refractivity contribution in [3.05, 3.63) is 50.6 Å². The summed E-state index contributed by atoms with van der Waals surface area (Å²) in [4.78, 5) is 21.0. The molecule has 0 atom stereocenters. The number of H-pyrrole nitrogens is 2. The lowest BCUT2D eigenvalue weighted by molar-refractivity contribution is 0.464. The average Bonchev–Trinajstić information content (AvgIpc) is 2.78. The maximum Gasteiger partial charge on any atom is 0.323 e. The fourth-order valence-corrected chi connectivity index (χ4v) is 2.59. The van der Waals surface area contributed by atoms with Crippen molar-refractivity contribution in [2.75, 3.05) is 5.32 Å². The molecule has 0 aliphatic carbocycles. The lowest BCUT2D eigenvalue weighted by Crippen LogP contribution is -2.03. The van der Waals surface area contributed by atoms with Crippen LogP contribution in [0.4, 0.5) is 5.69 Å². The van der Waals surface area contributed by atoms with Crippen LogP contribution in [0.1, 0.15) is 11.4 Å². The number of aryl methyl sites for hydroxylation is 1. The molecule has 0 radical (unpaired) electrons. The highest BCUT2D eigenvalue weighted by molar-refractivity contribution is 9.10. The minimum Gasteiger partial charge on any atom is -0.506 e. The number of pyridine rings is 1. The molecule has 21 heavy (non-hydrogen) atoms. The Kier molecular flexibility index (Phi) is 3.42. The second-order valence-electron chi connectivity index (χ2n) is 4.73. The minimum absolute atomic E-state index is 0.153. The summed E-state index contributed by atoms with van der Waals surface area (Å²) < 4.78 is 0.817. The van der Waals surface area contributed by atoms with Crippen LogP contribution in [0.5, 0.6) is 5.75 Å². The van der Waals surface area contributed by atoms with Crippen LogP contribution in [0.2, 0.25) is 0 Å². The molecule has 0 saturated heterocycles. The van der Waals surface area contributed by atoms with E-state index in [0.717, 1.165) is 21.4 Å². The Morgan fingerprint density at radius 1 is 1.29 bits per heavy atom. The minimum atomic E-state index is -0.243. The number of benzene rings is 1. The van der Waals surface area contributed by atoms with Crippen LogP contribution in [0.25, 0.3) is 11.0 Å². The molecular weight excluding hydrogens is 336 g/mol. The number of rotatable bonds is 3. The summed E-state index contributed by atoms with van der Waals surface area (Å²) in [6.45, 7) is 2.25. The number of aromatic hydroxyl groups is 1. The predicted octanol–water partition coefficient (Wildman–Crippen LogP) is 2.64. The standard InChI is InChI=1S/C14H13BrN4O2/c1-7-2-3-13(20)12(17-7)6-16-9-5-11-10(4-8(9)15)18-14(21)19-11/h2-5,16,20H,6H2,1H3,(H2,18,19,21).